The highest BCUT2D eigenvalue weighted by atomic mass is 16.5. The van der Waals surface area contributed by atoms with E-state index in [1.54, 1.807) is 18.2 Å². The minimum atomic E-state index is -0.697. The monoisotopic (exact) mass is 476 g/mol. The maximum atomic E-state index is 12.9. The van der Waals surface area contributed by atoms with E-state index in [1.165, 1.54) is 4.90 Å². The number of rotatable bonds is 14. The van der Waals surface area contributed by atoms with Gasteiger partial charge in [-0.2, -0.15) is 0 Å². The largest absolute Gasteiger partial charge is 0.381 e. The summed E-state index contributed by atoms with van der Waals surface area (Å²) < 4.78 is 16.1. The molecule has 0 saturated carbocycles. The second kappa shape index (κ2) is 13.1. The molecule has 4 amide bonds. The lowest BCUT2D eigenvalue weighted by molar-refractivity contribution is -0.137. The SMILES string of the molecule is NCCOCCOCCCOCCC(=O)Nc1cccc2c1CN(C1CCC(=O)NC1=O)C2=O. The van der Waals surface area contributed by atoms with E-state index in [4.69, 9.17) is 19.9 Å². The molecule has 0 bridgehead atoms. The molecule has 2 aliphatic rings. The second-order valence-electron chi connectivity index (χ2n) is 8.01. The Morgan fingerprint density at radius 2 is 1.79 bits per heavy atom. The van der Waals surface area contributed by atoms with Gasteiger partial charge < -0.3 is 30.2 Å². The van der Waals surface area contributed by atoms with Gasteiger partial charge in [0.25, 0.3) is 5.91 Å². The van der Waals surface area contributed by atoms with Crippen molar-refractivity contribution in [3.8, 4) is 0 Å². The van der Waals surface area contributed by atoms with Gasteiger partial charge in [-0.3, -0.25) is 24.5 Å². The molecule has 0 aliphatic carbocycles. The number of fused-ring (bicyclic) bond motifs is 1. The number of nitrogens with two attached hydrogens (primary N) is 1. The Labute approximate surface area is 198 Å². The van der Waals surface area contributed by atoms with E-state index in [9.17, 15) is 19.2 Å². The molecule has 2 heterocycles. The third-order valence-corrected chi connectivity index (χ3v) is 5.54. The molecule has 3 rings (SSSR count). The molecule has 186 valence electrons. The number of hydrogen-bond donors (Lipinski definition) is 3. The van der Waals surface area contributed by atoms with Crippen molar-refractivity contribution in [1.82, 2.24) is 10.2 Å². The van der Waals surface area contributed by atoms with Crippen LogP contribution in [0.25, 0.3) is 0 Å². The minimum absolute atomic E-state index is 0.169. The number of piperidine rings is 1. The summed E-state index contributed by atoms with van der Waals surface area (Å²) in [4.78, 5) is 50.3. The summed E-state index contributed by atoms with van der Waals surface area (Å²) in [5.41, 5.74) is 6.98. The van der Waals surface area contributed by atoms with Gasteiger partial charge in [0.2, 0.25) is 17.7 Å². The molecule has 1 unspecified atom stereocenters. The lowest BCUT2D eigenvalue weighted by atomic mass is 10.0. The predicted octanol–water partition coefficient (Wildman–Crippen LogP) is 0.175. The maximum Gasteiger partial charge on any atom is 0.255 e. The molecule has 2 aliphatic heterocycles. The average molecular weight is 477 g/mol. The molecule has 34 heavy (non-hydrogen) atoms. The first-order valence-electron chi connectivity index (χ1n) is 11.5. The third-order valence-electron chi connectivity index (χ3n) is 5.54. The molecule has 0 radical (unpaired) electrons. The molecule has 0 spiro atoms. The standard InChI is InChI=1S/C23H32N4O7/c24-8-12-34-14-13-33-10-2-9-32-11-7-21(29)25-18-4-1-3-16-17(18)15-27(23(16)31)19-5-6-20(28)26-22(19)30/h1,3-4,19H,2,5-15,24H2,(H,25,29)(H,26,28,30). The van der Waals surface area contributed by atoms with Crippen LogP contribution in [-0.4, -0.2) is 80.8 Å². The molecular formula is C23H32N4O7. The smallest absolute Gasteiger partial charge is 0.255 e. The summed E-state index contributed by atoms with van der Waals surface area (Å²) in [5, 5.41) is 5.12. The summed E-state index contributed by atoms with van der Waals surface area (Å²) in [7, 11) is 0. The van der Waals surface area contributed by atoms with Crippen LogP contribution in [0.5, 0.6) is 0 Å². The molecular weight excluding hydrogens is 444 g/mol. The Morgan fingerprint density at radius 1 is 1.06 bits per heavy atom. The number of nitrogens with one attached hydrogen (secondary N) is 2. The van der Waals surface area contributed by atoms with Crippen molar-refractivity contribution in [3.63, 3.8) is 0 Å². The van der Waals surface area contributed by atoms with Gasteiger partial charge in [-0.1, -0.05) is 6.07 Å². The van der Waals surface area contributed by atoms with E-state index >= 15 is 0 Å². The molecule has 1 saturated heterocycles. The number of nitrogens with zero attached hydrogens (tertiary/aromatic N) is 1. The van der Waals surface area contributed by atoms with Gasteiger partial charge >= 0.3 is 0 Å². The van der Waals surface area contributed by atoms with Gasteiger partial charge in [0, 0.05) is 49.5 Å². The highest BCUT2D eigenvalue weighted by Gasteiger charge is 2.39. The van der Waals surface area contributed by atoms with Crippen molar-refractivity contribution in [1.29, 1.82) is 0 Å². The Kier molecular flexibility index (Phi) is 9.95. The third kappa shape index (κ3) is 7.07. The quantitative estimate of drug-likeness (QED) is 0.254. The Bertz CT molecular complexity index is 892. The highest BCUT2D eigenvalue weighted by molar-refractivity contribution is 6.06. The molecule has 1 aromatic carbocycles. The van der Waals surface area contributed by atoms with Gasteiger partial charge in [-0.25, -0.2) is 0 Å². The van der Waals surface area contributed by atoms with Crippen molar-refractivity contribution >= 4 is 29.3 Å². The van der Waals surface area contributed by atoms with E-state index in [1.807, 2.05) is 0 Å². The lowest BCUT2D eigenvalue weighted by Gasteiger charge is -2.29. The van der Waals surface area contributed by atoms with Crippen LogP contribution in [0.4, 0.5) is 5.69 Å². The first-order chi connectivity index (χ1) is 16.5. The van der Waals surface area contributed by atoms with Crippen LogP contribution >= 0.6 is 0 Å². The van der Waals surface area contributed by atoms with E-state index < -0.39 is 11.9 Å². The van der Waals surface area contributed by atoms with Crippen LogP contribution in [0.15, 0.2) is 18.2 Å². The predicted molar refractivity (Wildman–Crippen MR) is 122 cm³/mol. The van der Waals surface area contributed by atoms with Crippen molar-refractivity contribution in [2.24, 2.45) is 5.73 Å². The zero-order chi connectivity index (χ0) is 24.3. The number of amides is 4. The number of carbonyl (C=O) groups is 4. The molecule has 11 heteroatoms. The number of carbonyl (C=O) groups excluding carboxylic acids is 4. The fourth-order valence-electron chi connectivity index (χ4n) is 3.85. The van der Waals surface area contributed by atoms with Gasteiger partial charge in [-0.05, 0) is 25.0 Å². The van der Waals surface area contributed by atoms with Crippen molar-refractivity contribution < 1.29 is 33.4 Å². The molecule has 1 fully saturated rings. The van der Waals surface area contributed by atoms with Crippen LogP contribution in [0.1, 0.15) is 41.6 Å². The van der Waals surface area contributed by atoms with Crippen LogP contribution in [0, 0.1) is 0 Å². The average Bonchev–Trinajstić information content (AvgIpc) is 3.15. The van der Waals surface area contributed by atoms with Crippen LogP contribution in [0.2, 0.25) is 0 Å². The maximum absolute atomic E-state index is 12.9. The molecule has 11 nitrogen and oxygen atoms in total. The Morgan fingerprint density at radius 3 is 2.53 bits per heavy atom. The van der Waals surface area contributed by atoms with Crippen LogP contribution < -0.4 is 16.4 Å². The van der Waals surface area contributed by atoms with Crippen LogP contribution in [0.3, 0.4) is 0 Å². The Balaban J connectivity index is 1.39. The summed E-state index contributed by atoms with van der Waals surface area (Å²) in [6, 6.07) is 4.40. The van der Waals surface area contributed by atoms with Gasteiger partial charge in [0.15, 0.2) is 0 Å². The number of anilines is 1. The van der Waals surface area contributed by atoms with Crippen molar-refractivity contribution in [3.05, 3.63) is 29.3 Å². The summed E-state index contributed by atoms with van der Waals surface area (Å²) in [6.07, 6.45) is 1.36. The number of imide groups is 1. The van der Waals surface area contributed by atoms with Gasteiger partial charge in [0.1, 0.15) is 6.04 Å². The van der Waals surface area contributed by atoms with E-state index in [0.29, 0.717) is 62.8 Å². The fraction of sp³-hybridized carbons (Fsp3) is 0.565. The van der Waals surface area contributed by atoms with Gasteiger partial charge in [-0.15, -0.1) is 0 Å². The first kappa shape index (κ1) is 25.8. The van der Waals surface area contributed by atoms with Crippen molar-refractivity contribution in [2.45, 2.75) is 38.3 Å². The topological polar surface area (TPSA) is 149 Å². The number of ether oxygens (including phenoxy) is 3. The molecule has 1 aromatic rings. The van der Waals surface area contributed by atoms with E-state index in [-0.39, 0.29) is 50.1 Å². The highest BCUT2D eigenvalue weighted by Crippen LogP contribution is 2.32. The molecule has 0 aromatic heterocycles. The van der Waals surface area contributed by atoms with Gasteiger partial charge in [0.05, 0.1) is 32.8 Å². The fourth-order valence-corrected chi connectivity index (χ4v) is 3.85. The zero-order valence-electron chi connectivity index (χ0n) is 19.2. The lowest BCUT2D eigenvalue weighted by Crippen LogP contribution is -2.52. The van der Waals surface area contributed by atoms with E-state index in [2.05, 4.69) is 10.6 Å². The number of hydrogen-bond acceptors (Lipinski definition) is 8. The van der Waals surface area contributed by atoms with Crippen molar-refractivity contribution in [2.75, 3.05) is 51.5 Å². The zero-order valence-corrected chi connectivity index (χ0v) is 19.2. The summed E-state index contributed by atoms with van der Waals surface area (Å²) in [6.45, 7) is 3.53. The number of benzene rings is 1. The summed E-state index contributed by atoms with van der Waals surface area (Å²) in [5.74, 6) is -1.31. The molecule has 1 atom stereocenters. The van der Waals surface area contributed by atoms with Crippen LogP contribution in [-0.2, 0) is 35.1 Å². The second-order valence-corrected chi connectivity index (χ2v) is 8.01. The normalized spacial score (nSPS) is 17.6. The first-order valence-corrected chi connectivity index (χ1v) is 11.5. The molecule has 4 N–H and O–H groups in total. The van der Waals surface area contributed by atoms with E-state index in [0.717, 1.165) is 0 Å². The Hall–Kier alpha value is -2.86. The summed E-state index contributed by atoms with van der Waals surface area (Å²) >= 11 is 0. The minimum Gasteiger partial charge on any atom is -0.381 e.